The third kappa shape index (κ3) is 5.03. The van der Waals surface area contributed by atoms with Gasteiger partial charge in [0.1, 0.15) is 0 Å². The summed E-state index contributed by atoms with van der Waals surface area (Å²) in [6.07, 6.45) is 0. The second-order valence-electron chi connectivity index (χ2n) is 1.05. The Kier molecular flexibility index (Phi) is 3.69. The molecule has 0 radical (unpaired) electrons. The summed E-state index contributed by atoms with van der Waals surface area (Å²) in [4.78, 5) is 4.36. The highest BCUT2D eigenvalue weighted by molar-refractivity contribution is 5.74. The molecule has 0 rings (SSSR count). The Balaban J connectivity index is 3.03. The molecule has 0 aromatic carbocycles. The van der Waals surface area contributed by atoms with Crippen molar-refractivity contribution in [3.05, 3.63) is 0 Å². The van der Waals surface area contributed by atoms with E-state index in [1.807, 2.05) is 0 Å². The fourth-order valence-electron chi connectivity index (χ4n) is 0.154. The third-order valence-electron chi connectivity index (χ3n) is 0.341. The summed E-state index contributed by atoms with van der Waals surface area (Å²) in [5.74, 6) is -0.109. The number of oxime groups is 1. The van der Waals surface area contributed by atoms with Crippen molar-refractivity contribution < 1.29 is 9.57 Å². The number of methoxy groups -OCH3 is 1. The van der Waals surface area contributed by atoms with E-state index in [4.69, 9.17) is 11.5 Å². The van der Waals surface area contributed by atoms with E-state index in [1.165, 1.54) is 7.11 Å². The summed E-state index contributed by atoms with van der Waals surface area (Å²) < 4.78 is 4.45. The molecule has 0 aromatic rings. The highest BCUT2D eigenvalue weighted by atomic mass is 16.7. The molecule has 0 saturated heterocycles. The first-order valence-electron chi connectivity index (χ1n) is 1.97. The summed E-state index contributed by atoms with van der Waals surface area (Å²) in [5, 5.41) is 3.16. The SMILES string of the molecule is COCON=C(N)N. The van der Waals surface area contributed by atoms with Crippen molar-refractivity contribution in [1.82, 2.24) is 0 Å². The molecule has 48 valence electrons. The van der Waals surface area contributed by atoms with E-state index in [0.717, 1.165) is 0 Å². The fraction of sp³-hybridized carbons (Fsp3) is 0.667. The van der Waals surface area contributed by atoms with E-state index in [2.05, 4.69) is 14.7 Å². The molecule has 5 nitrogen and oxygen atoms in total. The molecule has 0 fully saturated rings. The molecule has 0 unspecified atom stereocenters. The van der Waals surface area contributed by atoms with Crippen LogP contribution in [-0.4, -0.2) is 19.9 Å². The van der Waals surface area contributed by atoms with Gasteiger partial charge in [-0.25, -0.2) is 0 Å². The minimum atomic E-state index is -0.109. The van der Waals surface area contributed by atoms with Crippen LogP contribution in [0.15, 0.2) is 5.16 Å². The fourth-order valence-corrected chi connectivity index (χ4v) is 0.154. The van der Waals surface area contributed by atoms with Crippen molar-refractivity contribution >= 4 is 5.96 Å². The molecule has 0 aliphatic rings. The number of nitrogens with two attached hydrogens (primary N) is 2. The predicted octanol–water partition coefficient (Wildman–Crippen LogP) is -1.20. The van der Waals surface area contributed by atoms with Crippen LogP contribution < -0.4 is 11.5 Å². The van der Waals surface area contributed by atoms with Gasteiger partial charge in [-0.2, -0.15) is 0 Å². The Labute approximate surface area is 47.2 Å². The predicted molar refractivity (Wildman–Crippen MR) is 28.8 cm³/mol. The minimum Gasteiger partial charge on any atom is -0.367 e. The van der Waals surface area contributed by atoms with Crippen molar-refractivity contribution in [2.75, 3.05) is 13.9 Å². The molecule has 0 aliphatic heterocycles. The van der Waals surface area contributed by atoms with Crippen LogP contribution >= 0.6 is 0 Å². The summed E-state index contributed by atoms with van der Waals surface area (Å²) in [5.41, 5.74) is 9.76. The molecule has 8 heavy (non-hydrogen) atoms. The van der Waals surface area contributed by atoms with Crippen LogP contribution in [0.4, 0.5) is 0 Å². The van der Waals surface area contributed by atoms with Crippen LogP contribution in [0.1, 0.15) is 0 Å². The van der Waals surface area contributed by atoms with Crippen LogP contribution in [0.3, 0.4) is 0 Å². The summed E-state index contributed by atoms with van der Waals surface area (Å²) >= 11 is 0. The molecule has 0 heterocycles. The average Bonchev–Trinajstić information content (AvgIpc) is 1.66. The Morgan fingerprint density at radius 1 is 1.62 bits per heavy atom. The lowest BCUT2D eigenvalue weighted by molar-refractivity contribution is -0.0285. The van der Waals surface area contributed by atoms with Crippen molar-refractivity contribution in [3.8, 4) is 0 Å². The number of ether oxygens (including phenoxy) is 1. The zero-order chi connectivity index (χ0) is 6.41. The lowest BCUT2D eigenvalue weighted by Crippen LogP contribution is -2.22. The van der Waals surface area contributed by atoms with Gasteiger partial charge in [0, 0.05) is 7.11 Å². The van der Waals surface area contributed by atoms with E-state index in [0.29, 0.717) is 0 Å². The zero-order valence-electron chi connectivity index (χ0n) is 4.63. The standard InChI is InChI=1S/C3H9N3O2/c1-7-2-8-6-3(4)5/h2H2,1H3,(H4,4,5,6). The third-order valence-corrected chi connectivity index (χ3v) is 0.341. The number of hydrogen-bond acceptors (Lipinski definition) is 3. The number of hydrogen-bond donors (Lipinski definition) is 2. The first kappa shape index (κ1) is 7.03. The molecule has 0 bridgehead atoms. The van der Waals surface area contributed by atoms with Crippen molar-refractivity contribution in [3.63, 3.8) is 0 Å². The lowest BCUT2D eigenvalue weighted by atomic mass is 11.1. The van der Waals surface area contributed by atoms with Gasteiger partial charge < -0.3 is 21.0 Å². The lowest BCUT2D eigenvalue weighted by Gasteiger charge is -1.93. The Morgan fingerprint density at radius 2 is 2.25 bits per heavy atom. The first-order valence-corrected chi connectivity index (χ1v) is 1.97. The minimum absolute atomic E-state index is 0.0674. The number of guanidine groups is 1. The molecular formula is C3H9N3O2. The quantitative estimate of drug-likeness (QED) is 0.161. The monoisotopic (exact) mass is 119 g/mol. The Bertz CT molecular complexity index is 78.6. The van der Waals surface area contributed by atoms with E-state index in [1.54, 1.807) is 0 Å². The number of nitrogens with zero attached hydrogens (tertiary/aromatic N) is 1. The van der Waals surface area contributed by atoms with Gasteiger partial charge in [-0.15, -0.1) is 0 Å². The summed E-state index contributed by atoms with van der Waals surface area (Å²) in [6, 6.07) is 0. The molecule has 0 amide bonds. The van der Waals surface area contributed by atoms with Gasteiger partial charge in [0.2, 0.25) is 12.8 Å². The maximum absolute atomic E-state index is 4.88. The van der Waals surface area contributed by atoms with Gasteiger partial charge in [0.15, 0.2) is 0 Å². The smallest absolute Gasteiger partial charge is 0.228 e. The van der Waals surface area contributed by atoms with Gasteiger partial charge in [-0.1, -0.05) is 0 Å². The summed E-state index contributed by atoms with van der Waals surface area (Å²) in [6.45, 7) is 0.0674. The van der Waals surface area contributed by atoms with Crippen molar-refractivity contribution in [1.29, 1.82) is 0 Å². The second-order valence-corrected chi connectivity index (χ2v) is 1.05. The van der Waals surface area contributed by atoms with Gasteiger partial charge in [-0.3, -0.25) is 0 Å². The van der Waals surface area contributed by atoms with Crippen molar-refractivity contribution in [2.45, 2.75) is 0 Å². The van der Waals surface area contributed by atoms with Crippen LogP contribution in [0.5, 0.6) is 0 Å². The molecule has 0 saturated carbocycles. The molecule has 0 atom stereocenters. The van der Waals surface area contributed by atoms with E-state index in [-0.39, 0.29) is 12.8 Å². The summed E-state index contributed by atoms with van der Waals surface area (Å²) in [7, 11) is 1.47. The second kappa shape index (κ2) is 4.20. The zero-order valence-corrected chi connectivity index (χ0v) is 4.63. The average molecular weight is 119 g/mol. The van der Waals surface area contributed by atoms with Crippen LogP contribution in [0.25, 0.3) is 0 Å². The van der Waals surface area contributed by atoms with E-state index in [9.17, 15) is 0 Å². The van der Waals surface area contributed by atoms with Crippen LogP contribution in [0, 0.1) is 0 Å². The molecule has 5 heteroatoms. The largest absolute Gasteiger partial charge is 0.367 e. The highest BCUT2D eigenvalue weighted by Crippen LogP contribution is 1.71. The molecule has 4 N–H and O–H groups in total. The van der Waals surface area contributed by atoms with Crippen molar-refractivity contribution in [2.24, 2.45) is 16.6 Å². The molecule has 0 aromatic heterocycles. The topological polar surface area (TPSA) is 82.9 Å². The molecule has 0 aliphatic carbocycles. The van der Waals surface area contributed by atoms with Crippen LogP contribution in [0.2, 0.25) is 0 Å². The normalized spacial score (nSPS) is 8.12. The van der Waals surface area contributed by atoms with Gasteiger partial charge >= 0.3 is 0 Å². The first-order chi connectivity index (χ1) is 3.77. The van der Waals surface area contributed by atoms with Gasteiger partial charge in [-0.05, 0) is 5.16 Å². The van der Waals surface area contributed by atoms with E-state index < -0.39 is 0 Å². The van der Waals surface area contributed by atoms with E-state index >= 15 is 0 Å². The Hall–Kier alpha value is -0.970. The molecule has 0 spiro atoms. The van der Waals surface area contributed by atoms with Crippen LogP contribution in [-0.2, 0) is 9.57 Å². The van der Waals surface area contributed by atoms with Gasteiger partial charge in [0.25, 0.3) is 0 Å². The Morgan fingerprint density at radius 3 is 2.62 bits per heavy atom. The molecular weight excluding hydrogens is 110 g/mol. The highest BCUT2D eigenvalue weighted by Gasteiger charge is 1.77. The maximum Gasteiger partial charge on any atom is 0.228 e. The maximum atomic E-state index is 4.88. The van der Waals surface area contributed by atoms with Gasteiger partial charge in [0.05, 0.1) is 0 Å². The number of rotatable bonds is 3.